The van der Waals surface area contributed by atoms with Crippen molar-refractivity contribution in [1.82, 2.24) is 10.2 Å². The van der Waals surface area contributed by atoms with Crippen LogP contribution in [0.5, 0.6) is 0 Å². The first-order chi connectivity index (χ1) is 8.11. The average molecular weight is 242 g/mol. The molecule has 1 aliphatic carbocycles. The minimum atomic E-state index is -0.685. The average Bonchev–Trinajstić information content (AvgIpc) is 2.52. The number of likely N-dealkylation sites (N-methyl/N-ethyl adjacent to an activating group) is 1. The van der Waals surface area contributed by atoms with E-state index in [4.69, 9.17) is 0 Å². The number of rotatable bonds is 6. The van der Waals surface area contributed by atoms with Crippen LogP contribution < -0.4 is 5.32 Å². The lowest BCUT2D eigenvalue weighted by Crippen LogP contribution is -2.45. The van der Waals surface area contributed by atoms with Gasteiger partial charge in [-0.3, -0.25) is 4.79 Å². The largest absolute Gasteiger partial charge is 0.480 e. The lowest BCUT2D eigenvalue weighted by molar-refractivity contribution is -0.141. The Kier molecular flexibility index (Phi) is 6.52. The van der Waals surface area contributed by atoms with Gasteiger partial charge in [0.05, 0.1) is 0 Å². The molecule has 0 aromatic carbocycles. The first-order valence-corrected chi connectivity index (χ1v) is 6.72. The number of hydrogen-bond donors (Lipinski definition) is 2. The number of nitrogens with one attached hydrogen (secondary N) is 1. The molecule has 0 aliphatic heterocycles. The summed E-state index contributed by atoms with van der Waals surface area (Å²) >= 11 is 0. The fourth-order valence-electron chi connectivity index (χ4n) is 2.54. The van der Waals surface area contributed by atoms with Gasteiger partial charge in [-0.15, -0.1) is 0 Å². The summed E-state index contributed by atoms with van der Waals surface area (Å²) < 4.78 is 0. The Labute approximate surface area is 104 Å². The summed E-state index contributed by atoms with van der Waals surface area (Å²) in [4.78, 5) is 13.4. The molecule has 0 spiro atoms. The van der Waals surface area contributed by atoms with Crippen molar-refractivity contribution in [3.63, 3.8) is 0 Å². The third kappa shape index (κ3) is 5.50. The zero-order chi connectivity index (χ0) is 12.7. The summed E-state index contributed by atoms with van der Waals surface area (Å²) in [5, 5.41) is 12.5. The Morgan fingerprint density at radius 2 is 1.88 bits per heavy atom. The Morgan fingerprint density at radius 3 is 2.35 bits per heavy atom. The Hall–Kier alpha value is -0.610. The van der Waals surface area contributed by atoms with Crippen molar-refractivity contribution in [3.05, 3.63) is 0 Å². The number of nitrogens with zero attached hydrogens (tertiary/aromatic N) is 1. The maximum atomic E-state index is 11.3. The predicted octanol–water partition coefficient (Wildman–Crippen LogP) is 1.56. The number of carboxylic acid groups (broad SMARTS) is 1. The van der Waals surface area contributed by atoms with Gasteiger partial charge < -0.3 is 15.3 Å². The molecule has 0 radical (unpaired) electrons. The normalized spacial score (nSPS) is 20.2. The predicted molar refractivity (Wildman–Crippen MR) is 69.2 cm³/mol. The number of hydrogen-bond acceptors (Lipinski definition) is 3. The summed E-state index contributed by atoms with van der Waals surface area (Å²) in [6, 6.07) is -0.354. The van der Waals surface area contributed by atoms with Crippen LogP contribution in [0.3, 0.4) is 0 Å². The van der Waals surface area contributed by atoms with E-state index in [-0.39, 0.29) is 6.04 Å². The number of carboxylic acids is 1. The van der Waals surface area contributed by atoms with E-state index in [0.29, 0.717) is 5.92 Å². The highest BCUT2D eigenvalue weighted by Gasteiger charge is 2.27. The SMILES string of the molecule is CN(C)CCNC(C(=O)O)C1CCCCCC1. The van der Waals surface area contributed by atoms with E-state index in [2.05, 4.69) is 10.2 Å². The van der Waals surface area contributed by atoms with Crippen LogP contribution >= 0.6 is 0 Å². The van der Waals surface area contributed by atoms with Gasteiger partial charge in [-0.25, -0.2) is 0 Å². The zero-order valence-corrected chi connectivity index (χ0v) is 11.1. The van der Waals surface area contributed by atoms with Gasteiger partial charge in [0.25, 0.3) is 0 Å². The van der Waals surface area contributed by atoms with E-state index in [1.807, 2.05) is 14.1 Å². The van der Waals surface area contributed by atoms with Crippen LogP contribution in [0.25, 0.3) is 0 Å². The molecule has 0 saturated heterocycles. The van der Waals surface area contributed by atoms with E-state index in [1.165, 1.54) is 25.7 Å². The molecule has 1 unspecified atom stereocenters. The van der Waals surface area contributed by atoms with Gasteiger partial charge in [-0.1, -0.05) is 25.7 Å². The molecule has 1 aliphatic rings. The van der Waals surface area contributed by atoms with Crippen molar-refractivity contribution in [3.8, 4) is 0 Å². The van der Waals surface area contributed by atoms with Gasteiger partial charge in [0, 0.05) is 13.1 Å². The molecule has 0 heterocycles. The van der Waals surface area contributed by atoms with E-state index in [1.54, 1.807) is 0 Å². The van der Waals surface area contributed by atoms with Gasteiger partial charge in [0.1, 0.15) is 6.04 Å². The summed E-state index contributed by atoms with van der Waals surface area (Å²) in [6.45, 7) is 1.64. The molecule has 4 heteroatoms. The maximum Gasteiger partial charge on any atom is 0.320 e. The van der Waals surface area contributed by atoms with E-state index in [9.17, 15) is 9.90 Å². The second-order valence-corrected chi connectivity index (χ2v) is 5.32. The van der Waals surface area contributed by atoms with Crippen molar-refractivity contribution in [2.24, 2.45) is 5.92 Å². The van der Waals surface area contributed by atoms with Crippen molar-refractivity contribution < 1.29 is 9.90 Å². The van der Waals surface area contributed by atoms with Gasteiger partial charge in [-0.05, 0) is 32.9 Å². The molecule has 17 heavy (non-hydrogen) atoms. The third-order valence-electron chi connectivity index (χ3n) is 3.56. The van der Waals surface area contributed by atoms with Crippen LogP contribution in [-0.4, -0.2) is 49.2 Å². The highest BCUT2D eigenvalue weighted by molar-refractivity contribution is 5.73. The molecule has 2 N–H and O–H groups in total. The molecule has 1 atom stereocenters. The molecule has 1 rings (SSSR count). The van der Waals surface area contributed by atoms with Crippen molar-refractivity contribution in [2.75, 3.05) is 27.2 Å². The third-order valence-corrected chi connectivity index (χ3v) is 3.56. The molecule has 4 nitrogen and oxygen atoms in total. The lowest BCUT2D eigenvalue weighted by atomic mass is 9.92. The summed E-state index contributed by atoms with van der Waals surface area (Å²) in [5.74, 6) is -0.368. The van der Waals surface area contributed by atoms with Gasteiger partial charge in [0.15, 0.2) is 0 Å². The molecular weight excluding hydrogens is 216 g/mol. The van der Waals surface area contributed by atoms with Crippen LogP contribution in [0, 0.1) is 5.92 Å². The Balaban J connectivity index is 2.42. The number of aliphatic carboxylic acids is 1. The summed E-state index contributed by atoms with van der Waals surface area (Å²) in [7, 11) is 4.01. The molecule has 0 bridgehead atoms. The van der Waals surface area contributed by atoms with Crippen molar-refractivity contribution >= 4 is 5.97 Å². The summed E-state index contributed by atoms with van der Waals surface area (Å²) in [6.07, 6.45) is 7.02. The Morgan fingerprint density at radius 1 is 1.29 bits per heavy atom. The molecule has 0 aromatic rings. The minimum Gasteiger partial charge on any atom is -0.480 e. The van der Waals surface area contributed by atoms with Gasteiger partial charge in [0.2, 0.25) is 0 Å². The van der Waals surface area contributed by atoms with E-state index < -0.39 is 5.97 Å². The van der Waals surface area contributed by atoms with Crippen LogP contribution in [0.1, 0.15) is 38.5 Å². The van der Waals surface area contributed by atoms with Crippen LogP contribution in [0.4, 0.5) is 0 Å². The zero-order valence-electron chi connectivity index (χ0n) is 11.1. The fourth-order valence-corrected chi connectivity index (χ4v) is 2.54. The topological polar surface area (TPSA) is 52.6 Å². The van der Waals surface area contributed by atoms with Crippen LogP contribution in [-0.2, 0) is 4.79 Å². The maximum absolute atomic E-state index is 11.3. The fraction of sp³-hybridized carbons (Fsp3) is 0.923. The highest BCUT2D eigenvalue weighted by Crippen LogP contribution is 2.25. The molecule has 100 valence electrons. The van der Waals surface area contributed by atoms with Crippen LogP contribution in [0.15, 0.2) is 0 Å². The quantitative estimate of drug-likeness (QED) is 0.694. The van der Waals surface area contributed by atoms with Crippen LogP contribution in [0.2, 0.25) is 0 Å². The number of carbonyl (C=O) groups is 1. The summed E-state index contributed by atoms with van der Waals surface area (Å²) in [5.41, 5.74) is 0. The first-order valence-electron chi connectivity index (χ1n) is 6.72. The van der Waals surface area contributed by atoms with Gasteiger partial charge >= 0.3 is 5.97 Å². The molecular formula is C13H26N2O2. The Bertz CT molecular complexity index is 223. The second-order valence-electron chi connectivity index (χ2n) is 5.32. The highest BCUT2D eigenvalue weighted by atomic mass is 16.4. The van der Waals surface area contributed by atoms with E-state index in [0.717, 1.165) is 25.9 Å². The first kappa shape index (κ1) is 14.5. The molecule has 0 amide bonds. The van der Waals surface area contributed by atoms with E-state index >= 15 is 0 Å². The molecule has 1 saturated carbocycles. The smallest absolute Gasteiger partial charge is 0.320 e. The minimum absolute atomic E-state index is 0.317. The standard InChI is InChI=1S/C13H26N2O2/c1-15(2)10-9-14-12(13(16)17)11-7-5-3-4-6-8-11/h11-12,14H,3-10H2,1-2H3,(H,16,17). The molecule has 1 fully saturated rings. The lowest BCUT2D eigenvalue weighted by Gasteiger charge is -2.24. The second kappa shape index (κ2) is 7.67. The molecule has 0 aromatic heterocycles. The van der Waals surface area contributed by atoms with Gasteiger partial charge in [-0.2, -0.15) is 0 Å². The monoisotopic (exact) mass is 242 g/mol. The van der Waals surface area contributed by atoms with Crippen molar-refractivity contribution in [1.29, 1.82) is 0 Å². The van der Waals surface area contributed by atoms with Crippen molar-refractivity contribution in [2.45, 2.75) is 44.6 Å².